The summed E-state index contributed by atoms with van der Waals surface area (Å²) in [6.07, 6.45) is 1.47. The number of rotatable bonds is 7. The molecule has 0 aliphatic rings. The lowest BCUT2D eigenvalue weighted by Gasteiger charge is -2.07. The summed E-state index contributed by atoms with van der Waals surface area (Å²) in [4.78, 5) is 41.3. The van der Waals surface area contributed by atoms with Gasteiger partial charge >= 0.3 is 5.97 Å². The highest BCUT2D eigenvalue weighted by atomic mass is 32.1. The highest BCUT2D eigenvalue weighted by Crippen LogP contribution is 2.30. The molecule has 9 heteroatoms. The third kappa shape index (κ3) is 4.86. The Labute approximate surface area is 170 Å². The Morgan fingerprint density at radius 2 is 2.07 bits per heavy atom. The van der Waals surface area contributed by atoms with Crippen LogP contribution < -0.4 is 10.9 Å². The van der Waals surface area contributed by atoms with Crippen LogP contribution in [0.2, 0.25) is 0 Å². The van der Waals surface area contributed by atoms with Crippen molar-refractivity contribution in [2.75, 3.05) is 13.2 Å². The molecule has 0 fully saturated rings. The number of amides is 1. The molecule has 29 heavy (non-hydrogen) atoms. The van der Waals surface area contributed by atoms with E-state index in [2.05, 4.69) is 10.3 Å². The molecule has 3 rings (SSSR count). The van der Waals surface area contributed by atoms with Gasteiger partial charge in [-0.1, -0.05) is 29.8 Å². The Morgan fingerprint density at radius 3 is 2.79 bits per heavy atom. The van der Waals surface area contributed by atoms with E-state index in [-0.39, 0.29) is 25.1 Å². The molecule has 3 aromatic rings. The van der Waals surface area contributed by atoms with Gasteiger partial charge in [0.2, 0.25) is 0 Å². The summed E-state index contributed by atoms with van der Waals surface area (Å²) in [7, 11) is 0. The molecule has 0 aliphatic carbocycles. The van der Waals surface area contributed by atoms with Crippen LogP contribution >= 0.6 is 11.3 Å². The molecular weight excluding hydrogens is 392 g/mol. The van der Waals surface area contributed by atoms with E-state index in [1.54, 1.807) is 0 Å². The number of fused-ring (bicyclic) bond motifs is 1. The quantitative estimate of drug-likeness (QED) is 0.471. The molecule has 8 nitrogen and oxygen atoms in total. The van der Waals surface area contributed by atoms with E-state index in [0.29, 0.717) is 10.2 Å². The van der Waals surface area contributed by atoms with Gasteiger partial charge in [-0.2, -0.15) is 5.26 Å². The highest BCUT2D eigenvalue weighted by molar-refractivity contribution is 7.17. The van der Waals surface area contributed by atoms with Crippen molar-refractivity contribution >= 4 is 33.4 Å². The fourth-order valence-electron chi connectivity index (χ4n) is 2.67. The molecule has 0 saturated heterocycles. The zero-order chi connectivity index (χ0) is 20.8. The molecule has 2 aromatic heterocycles. The van der Waals surface area contributed by atoms with E-state index in [1.807, 2.05) is 42.6 Å². The fourth-order valence-corrected chi connectivity index (χ4v) is 3.57. The zero-order valence-corrected chi connectivity index (χ0v) is 16.5. The molecule has 1 aromatic carbocycles. The number of carbonyl (C=O) groups excluding carboxylic acids is 2. The van der Waals surface area contributed by atoms with Gasteiger partial charge in [0.25, 0.3) is 11.5 Å². The van der Waals surface area contributed by atoms with E-state index in [0.717, 1.165) is 16.7 Å². The summed E-state index contributed by atoms with van der Waals surface area (Å²) in [6, 6.07) is 9.70. The number of hydrogen-bond acceptors (Lipinski definition) is 7. The van der Waals surface area contributed by atoms with Gasteiger partial charge in [0.15, 0.2) is 6.61 Å². The molecule has 0 bridgehead atoms. The van der Waals surface area contributed by atoms with E-state index in [4.69, 9.17) is 10.00 Å². The van der Waals surface area contributed by atoms with Gasteiger partial charge in [-0.25, -0.2) is 4.98 Å². The van der Waals surface area contributed by atoms with Gasteiger partial charge in [0, 0.05) is 17.5 Å². The van der Waals surface area contributed by atoms with Crippen LogP contribution in [0.25, 0.3) is 21.3 Å². The van der Waals surface area contributed by atoms with E-state index in [1.165, 1.54) is 22.2 Å². The van der Waals surface area contributed by atoms with Crippen molar-refractivity contribution in [1.29, 1.82) is 5.26 Å². The number of aromatic nitrogens is 2. The van der Waals surface area contributed by atoms with Crippen LogP contribution in [0.3, 0.4) is 0 Å². The maximum Gasteiger partial charge on any atom is 0.326 e. The first-order valence-electron chi connectivity index (χ1n) is 8.82. The minimum absolute atomic E-state index is 0.171. The third-order valence-electron chi connectivity index (χ3n) is 4.15. The van der Waals surface area contributed by atoms with E-state index >= 15 is 0 Å². The van der Waals surface area contributed by atoms with Crippen molar-refractivity contribution in [3.05, 3.63) is 51.9 Å². The van der Waals surface area contributed by atoms with Crippen LogP contribution in [0.1, 0.15) is 12.0 Å². The number of carbonyl (C=O) groups is 2. The number of thiophene rings is 1. The predicted molar refractivity (Wildman–Crippen MR) is 108 cm³/mol. The van der Waals surface area contributed by atoms with Crippen molar-refractivity contribution in [2.24, 2.45) is 0 Å². The van der Waals surface area contributed by atoms with Gasteiger partial charge in [0.1, 0.15) is 11.4 Å². The summed E-state index contributed by atoms with van der Waals surface area (Å²) < 4.78 is 6.07. The SMILES string of the molecule is Cc1ccc(-c2csc3ncn(CC(=O)OCC(=O)NCCC#N)c(=O)c23)cc1. The number of nitriles is 1. The molecule has 0 radical (unpaired) electrons. The second-order valence-corrected chi connectivity index (χ2v) is 7.15. The Hall–Kier alpha value is -3.51. The second kappa shape index (κ2) is 9.12. The first-order valence-corrected chi connectivity index (χ1v) is 9.70. The van der Waals surface area contributed by atoms with Gasteiger partial charge in [-0.05, 0) is 12.5 Å². The second-order valence-electron chi connectivity index (χ2n) is 6.29. The van der Waals surface area contributed by atoms with Crippen molar-refractivity contribution in [3.63, 3.8) is 0 Å². The molecule has 148 valence electrons. The number of ether oxygens (including phenoxy) is 1. The number of nitrogens with zero attached hydrogens (tertiary/aromatic N) is 3. The molecule has 0 atom stereocenters. The van der Waals surface area contributed by atoms with Crippen molar-refractivity contribution in [2.45, 2.75) is 19.9 Å². The lowest BCUT2D eigenvalue weighted by atomic mass is 10.1. The topological polar surface area (TPSA) is 114 Å². The molecule has 1 amide bonds. The number of esters is 1. The maximum atomic E-state index is 12.9. The zero-order valence-electron chi connectivity index (χ0n) is 15.7. The Bertz CT molecular complexity index is 1140. The number of hydrogen-bond donors (Lipinski definition) is 1. The van der Waals surface area contributed by atoms with E-state index < -0.39 is 18.5 Å². The third-order valence-corrected chi connectivity index (χ3v) is 5.03. The van der Waals surface area contributed by atoms with Crippen LogP contribution in [-0.2, 0) is 20.9 Å². The van der Waals surface area contributed by atoms with Crippen molar-refractivity contribution in [3.8, 4) is 17.2 Å². The monoisotopic (exact) mass is 410 g/mol. The molecule has 0 spiro atoms. The average molecular weight is 410 g/mol. The van der Waals surface area contributed by atoms with Crippen molar-refractivity contribution in [1.82, 2.24) is 14.9 Å². The number of aryl methyl sites for hydroxylation is 1. The van der Waals surface area contributed by atoms with Gasteiger partial charge in [-0.15, -0.1) is 11.3 Å². The van der Waals surface area contributed by atoms with Gasteiger partial charge in [0.05, 0.1) is 24.2 Å². The molecule has 0 unspecified atom stereocenters. The lowest BCUT2D eigenvalue weighted by molar-refractivity contribution is -0.149. The predicted octanol–water partition coefficient (Wildman–Crippen LogP) is 2.01. The summed E-state index contributed by atoms with van der Waals surface area (Å²) in [5, 5.41) is 13.2. The minimum Gasteiger partial charge on any atom is -0.454 e. The Balaban J connectivity index is 1.74. The average Bonchev–Trinajstić information content (AvgIpc) is 3.14. The van der Waals surface area contributed by atoms with Crippen LogP contribution in [0.4, 0.5) is 0 Å². The standard InChI is InChI=1S/C20H18N4O4S/c1-13-3-5-14(6-4-13)15-11-29-19-18(15)20(27)24(12-23-19)9-17(26)28-10-16(25)22-8-2-7-21/h3-6,11-12H,2,8-10H2,1H3,(H,22,25). The normalized spacial score (nSPS) is 10.5. The largest absolute Gasteiger partial charge is 0.454 e. The smallest absolute Gasteiger partial charge is 0.326 e. The van der Waals surface area contributed by atoms with E-state index in [9.17, 15) is 14.4 Å². The highest BCUT2D eigenvalue weighted by Gasteiger charge is 2.15. The molecule has 0 aliphatic heterocycles. The van der Waals surface area contributed by atoms with Crippen LogP contribution in [0.5, 0.6) is 0 Å². The molecule has 2 heterocycles. The Morgan fingerprint density at radius 1 is 1.31 bits per heavy atom. The van der Waals surface area contributed by atoms with Crippen LogP contribution in [-0.4, -0.2) is 34.6 Å². The van der Waals surface area contributed by atoms with Crippen molar-refractivity contribution < 1.29 is 14.3 Å². The lowest BCUT2D eigenvalue weighted by Crippen LogP contribution is -2.31. The van der Waals surface area contributed by atoms with Crippen LogP contribution in [0.15, 0.2) is 40.8 Å². The van der Waals surface area contributed by atoms with Gasteiger partial charge in [-0.3, -0.25) is 19.0 Å². The number of nitrogens with one attached hydrogen (secondary N) is 1. The maximum absolute atomic E-state index is 12.9. The summed E-state index contributed by atoms with van der Waals surface area (Å²) >= 11 is 1.36. The molecular formula is C20H18N4O4S. The van der Waals surface area contributed by atoms with Gasteiger partial charge < -0.3 is 10.1 Å². The summed E-state index contributed by atoms with van der Waals surface area (Å²) in [6.45, 7) is 1.35. The van der Waals surface area contributed by atoms with Crippen LogP contribution in [0, 0.1) is 18.3 Å². The summed E-state index contributed by atoms with van der Waals surface area (Å²) in [5.74, 6) is -1.23. The summed E-state index contributed by atoms with van der Waals surface area (Å²) in [5.41, 5.74) is 2.43. The minimum atomic E-state index is -0.726. The Kier molecular flexibility index (Phi) is 6.36. The fraction of sp³-hybridized carbons (Fsp3) is 0.250. The first kappa shape index (κ1) is 20.2. The molecule has 1 N–H and O–H groups in total. The first-order chi connectivity index (χ1) is 14.0. The molecule has 0 saturated carbocycles. The number of benzene rings is 1.